The molecule has 2 aromatic carbocycles. The Morgan fingerprint density at radius 3 is 2.65 bits per heavy atom. The van der Waals surface area contributed by atoms with Crippen LogP contribution in [0.15, 0.2) is 42.5 Å². The van der Waals surface area contributed by atoms with Crippen molar-refractivity contribution in [1.29, 1.82) is 0 Å². The van der Waals surface area contributed by atoms with Gasteiger partial charge in [-0.15, -0.1) is 0 Å². The zero-order valence-electron chi connectivity index (χ0n) is 18.2. The van der Waals surface area contributed by atoms with Crippen LogP contribution in [0.25, 0.3) is 0 Å². The van der Waals surface area contributed by atoms with Gasteiger partial charge in [-0.2, -0.15) is 0 Å². The fourth-order valence-corrected chi connectivity index (χ4v) is 3.94. The van der Waals surface area contributed by atoms with Gasteiger partial charge in [-0.3, -0.25) is 9.69 Å². The molecule has 0 radical (unpaired) electrons. The lowest BCUT2D eigenvalue weighted by atomic mass is 9.97. The number of nitrogens with one attached hydrogen (secondary N) is 1. The van der Waals surface area contributed by atoms with Crippen LogP contribution in [0.1, 0.15) is 61.2 Å². The van der Waals surface area contributed by atoms with Gasteiger partial charge in [0.15, 0.2) is 0 Å². The van der Waals surface area contributed by atoms with Crippen molar-refractivity contribution in [3.05, 3.63) is 64.7 Å². The molecule has 0 saturated heterocycles. The highest BCUT2D eigenvalue weighted by Crippen LogP contribution is 2.34. The minimum absolute atomic E-state index is 0.190. The van der Waals surface area contributed by atoms with Crippen molar-refractivity contribution in [3.8, 4) is 5.75 Å². The molecule has 166 valence electrons. The summed E-state index contributed by atoms with van der Waals surface area (Å²) in [6.07, 6.45) is 0.422. The van der Waals surface area contributed by atoms with Crippen molar-refractivity contribution < 1.29 is 19.0 Å². The monoisotopic (exact) mass is 426 g/mol. The molecule has 2 aromatic rings. The third kappa shape index (κ3) is 5.63. The van der Waals surface area contributed by atoms with Gasteiger partial charge >= 0.3 is 0 Å². The first-order chi connectivity index (χ1) is 14.9. The van der Waals surface area contributed by atoms with E-state index in [1.807, 2.05) is 49.4 Å². The molecule has 3 atom stereocenters. The predicted octanol–water partition coefficient (Wildman–Crippen LogP) is 4.06. The smallest absolute Gasteiger partial charge is 0.249 e. The summed E-state index contributed by atoms with van der Waals surface area (Å²) in [4.78, 5) is 13.8. The standard InChI is InChI=1S/C25H31FN2O3/c1-16(27-25(30)17(2)29)20-7-5-18(6-8-20)12-28-13-21-9-10-22(31-15-19-3-4-19)11-23(21)24(26)14-28/h5-11,16-17,19,24,29H,3-4,12-15H2,1-2H3,(H,27,30)/t16-,17?,24?/m0/s1. The second kappa shape index (κ2) is 9.37. The average Bonchev–Trinajstić information content (AvgIpc) is 3.57. The molecule has 31 heavy (non-hydrogen) atoms. The highest BCUT2D eigenvalue weighted by molar-refractivity contribution is 5.80. The Bertz CT molecular complexity index is 911. The van der Waals surface area contributed by atoms with Gasteiger partial charge in [0.05, 0.1) is 12.6 Å². The quantitative estimate of drug-likeness (QED) is 0.668. The second-order valence-corrected chi connectivity index (χ2v) is 8.90. The lowest BCUT2D eigenvalue weighted by Crippen LogP contribution is -2.34. The molecule has 1 aliphatic carbocycles. The predicted molar refractivity (Wildman–Crippen MR) is 117 cm³/mol. The van der Waals surface area contributed by atoms with Gasteiger partial charge in [0.1, 0.15) is 18.0 Å². The lowest BCUT2D eigenvalue weighted by Gasteiger charge is -2.31. The number of aliphatic hydroxyl groups excluding tert-OH is 1. The second-order valence-electron chi connectivity index (χ2n) is 8.90. The summed E-state index contributed by atoms with van der Waals surface area (Å²) in [6.45, 7) is 5.80. The SMILES string of the molecule is CC(O)C(=O)N[C@@H](C)c1ccc(CN2Cc3ccc(OCC4CC4)cc3C(F)C2)cc1. The van der Waals surface area contributed by atoms with Gasteiger partial charge in [-0.1, -0.05) is 30.3 Å². The van der Waals surface area contributed by atoms with E-state index in [0.29, 0.717) is 25.6 Å². The molecule has 0 bridgehead atoms. The summed E-state index contributed by atoms with van der Waals surface area (Å²) in [6, 6.07) is 13.6. The summed E-state index contributed by atoms with van der Waals surface area (Å²) in [5.41, 5.74) is 3.83. The number of nitrogens with zero attached hydrogens (tertiary/aromatic N) is 1. The molecule has 1 aliphatic heterocycles. The van der Waals surface area contributed by atoms with Crippen LogP contribution in [0.2, 0.25) is 0 Å². The van der Waals surface area contributed by atoms with Gasteiger partial charge in [0, 0.05) is 19.6 Å². The number of hydrogen-bond donors (Lipinski definition) is 2. The Kier molecular flexibility index (Phi) is 6.58. The van der Waals surface area contributed by atoms with E-state index >= 15 is 0 Å². The van der Waals surface area contributed by atoms with Crippen molar-refractivity contribution in [1.82, 2.24) is 10.2 Å². The summed E-state index contributed by atoms with van der Waals surface area (Å²) in [5.74, 6) is 1.06. The summed E-state index contributed by atoms with van der Waals surface area (Å²) < 4.78 is 20.7. The van der Waals surface area contributed by atoms with E-state index in [0.717, 1.165) is 34.6 Å². The van der Waals surface area contributed by atoms with Crippen LogP contribution < -0.4 is 10.1 Å². The number of halogens is 1. The maximum Gasteiger partial charge on any atom is 0.249 e. The van der Waals surface area contributed by atoms with Crippen LogP contribution in [0, 0.1) is 5.92 Å². The number of aliphatic hydroxyl groups is 1. The largest absolute Gasteiger partial charge is 0.493 e. The number of fused-ring (bicyclic) bond motifs is 1. The number of amides is 1. The Morgan fingerprint density at radius 2 is 1.97 bits per heavy atom. The summed E-state index contributed by atoms with van der Waals surface area (Å²) >= 11 is 0. The lowest BCUT2D eigenvalue weighted by molar-refractivity contribution is -0.129. The number of carbonyl (C=O) groups excluding carboxylic acids is 1. The number of ether oxygens (including phenoxy) is 1. The van der Waals surface area contributed by atoms with E-state index in [2.05, 4.69) is 10.2 Å². The molecule has 2 N–H and O–H groups in total. The molecular formula is C25H31FN2O3. The Hall–Kier alpha value is -2.44. The highest BCUT2D eigenvalue weighted by atomic mass is 19.1. The van der Waals surface area contributed by atoms with E-state index in [-0.39, 0.29) is 6.04 Å². The van der Waals surface area contributed by atoms with Crippen molar-refractivity contribution in [2.45, 2.75) is 58.1 Å². The van der Waals surface area contributed by atoms with E-state index in [1.165, 1.54) is 19.8 Å². The Balaban J connectivity index is 1.35. The first-order valence-corrected chi connectivity index (χ1v) is 11.1. The first-order valence-electron chi connectivity index (χ1n) is 11.1. The molecule has 2 unspecified atom stereocenters. The summed E-state index contributed by atoms with van der Waals surface area (Å²) in [5, 5.41) is 12.1. The number of carbonyl (C=O) groups is 1. The van der Waals surface area contributed by atoms with E-state index in [4.69, 9.17) is 4.74 Å². The minimum Gasteiger partial charge on any atom is -0.493 e. The third-order valence-electron chi connectivity index (χ3n) is 6.07. The minimum atomic E-state index is -1.03. The average molecular weight is 427 g/mol. The molecule has 1 saturated carbocycles. The topological polar surface area (TPSA) is 61.8 Å². The van der Waals surface area contributed by atoms with Crippen molar-refractivity contribution >= 4 is 5.91 Å². The van der Waals surface area contributed by atoms with Gasteiger partial charge in [0.2, 0.25) is 5.91 Å². The Morgan fingerprint density at radius 1 is 1.23 bits per heavy atom. The van der Waals surface area contributed by atoms with Crippen LogP contribution in [-0.2, 0) is 17.9 Å². The maximum atomic E-state index is 14.9. The molecule has 0 spiro atoms. The number of hydrogen-bond acceptors (Lipinski definition) is 4. The van der Waals surface area contributed by atoms with E-state index in [9.17, 15) is 14.3 Å². The fraction of sp³-hybridized carbons (Fsp3) is 0.480. The molecule has 2 aliphatic rings. The molecule has 0 aromatic heterocycles. The van der Waals surface area contributed by atoms with E-state index in [1.54, 1.807) is 0 Å². The number of alkyl halides is 1. The van der Waals surface area contributed by atoms with Crippen molar-refractivity contribution in [2.24, 2.45) is 5.92 Å². The molecular weight excluding hydrogens is 395 g/mol. The highest BCUT2D eigenvalue weighted by Gasteiger charge is 2.26. The Labute approximate surface area is 183 Å². The molecule has 4 rings (SSSR count). The van der Waals surface area contributed by atoms with Gasteiger partial charge < -0.3 is 15.2 Å². The first kappa shape index (κ1) is 21.8. The van der Waals surface area contributed by atoms with Crippen molar-refractivity contribution in [2.75, 3.05) is 13.2 Å². The van der Waals surface area contributed by atoms with Crippen LogP contribution in [0.5, 0.6) is 5.75 Å². The molecule has 1 amide bonds. The zero-order valence-corrected chi connectivity index (χ0v) is 18.2. The van der Waals surface area contributed by atoms with Gasteiger partial charge in [0.25, 0.3) is 0 Å². The molecule has 6 heteroatoms. The normalized spacial score (nSPS) is 20.6. The fourth-order valence-electron chi connectivity index (χ4n) is 3.94. The third-order valence-corrected chi connectivity index (χ3v) is 6.07. The van der Waals surface area contributed by atoms with Crippen molar-refractivity contribution in [3.63, 3.8) is 0 Å². The van der Waals surface area contributed by atoms with E-state index < -0.39 is 18.2 Å². The molecule has 1 fully saturated rings. The number of benzene rings is 2. The maximum absolute atomic E-state index is 14.9. The van der Waals surface area contributed by atoms with Gasteiger partial charge in [-0.25, -0.2) is 4.39 Å². The molecule has 1 heterocycles. The summed E-state index contributed by atoms with van der Waals surface area (Å²) in [7, 11) is 0. The molecule has 5 nitrogen and oxygen atoms in total. The zero-order chi connectivity index (χ0) is 22.0. The van der Waals surface area contributed by atoms with Gasteiger partial charge in [-0.05, 0) is 67.0 Å². The van der Waals surface area contributed by atoms with Crippen LogP contribution in [0.3, 0.4) is 0 Å². The van der Waals surface area contributed by atoms with Crippen LogP contribution >= 0.6 is 0 Å². The van der Waals surface area contributed by atoms with Crippen LogP contribution in [-0.4, -0.2) is 35.2 Å². The van der Waals surface area contributed by atoms with Crippen LogP contribution in [0.4, 0.5) is 4.39 Å². The number of rotatable bonds is 8.